The highest BCUT2D eigenvalue weighted by molar-refractivity contribution is 7.99. The normalized spacial score (nSPS) is 14.5. The fourth-order valence-corrected chi connectivity index (χ4v) is 4.17. The number of nitrogens with one attached hydrogen (secondary N) is 1. The molecule has 0 radical (unpaired) electrons. The van der Waals surface area contributed by atoms with Crippen molar-refractivity contribution in [2.45, 2.75) is 30.6 Å². The molecular formula is C19H25ClN2S. The first kappa shape index (κ1) is 18.2. The predicted octanol–water partition coefficient (Wildman–Crippen LogP) is 4.59. The lowest BCUT2D eigenvalue weighted by molar-refractivity contribution is 0.586. The van der Waals surface area contributed by atoms with Crippen molar-refractivity contribution in [1.82, 2.24) is 5.32 Å². The highest BCUT2D eigenvalue weighted by atomic mass is 35.5. The van der Waals surface area contributed by atoms with Crippen LogP contribution in [0.3, 0.4) is 0 Å². The molecule has 0 aliphatic carbocycles. The molecule has 2 aromatic carbocycles. The summed E-state index contributed by atoms with van der Waals surface area (Å²) in [6.45, 7) is 10.9. The summed E-state index contributed by atoms with van der Waals surface area (Å²) >= 11 is 1.90. The molecule has 0 atom stereocenters. The van der Waals surface area contributed by atoms with Gasteiger partial charge in [-0.1, -0.05) is 41.6 Å². The number of benzene rings is 2. The first-order chi connectivity index (χ1) is 10.6. The van der Waals surface area contributed by atoms with E-state index in [1.54, 1.807) is 0 Å². The van der Waals surface area contributed by atoms with Crippen LogP contribution in [0.4, 0.5) is 5.69 Å². The number of nitrogens with zero attached hydrogens (tertiary/aromatic N) is 1. The maximum atomic E-state index is 3.44. The number of piperazine rings is 1. The minimum atomic E-state index is 0. The molecule has 4 heteroatoms. The van der Waals surface area contributed by atoms with Gasteiger partial charge in [-0.2, -0.15) is 0 Å². The number of anilines is 1. The molecule has 0 amide bonds. The van der Waals surface area contributed by atoms with Crippen molar-refractivity contribution in [1.29, 1.82) is 0 Å². The Morgan fingerprint density at radius 1 is 0.913 bits per heavy atom. The molecule has 3 rings (SSSR count). The van der Waals surface area contributed by atoms with Crippen molar-refractivity contribution < 1.29 is 0 Å². The zero-order valence-electron chi connectivity index (χ0n) is 14.1. The molecule has 23 heavy (non-hydrogen) atoms. The topological polar surface area (TPSA) is 15.3 Å². The lowest BCUT2D eigenvalue weighted by atomic mass is 10.1. The minimum absolute atomic E-state index is 0. The first-order valence-electron chi connectivity index (χ1n) is 7.95. The van der Waals surface area contributed by atoms with E-state index in [0.29, 0.717) is 0 Å². The summed E-state index contributed by atoms with van der Waals surface area (Å²) in [5.74, 6) is 0. The van der Waals surface area contributed by atoms with Gasteiger partial charge in [0.15, 0.2) is 0 Å². The number of hydrogen-bond donors (Lipinski definition) is 1. The molecule has 1 aliphatic rings. The molecule has 0 unspecified atom stereocenters. The van der Waals surface area contributed by atoms with E-state index in [2.05, 4.69) is 67.4 Å². The van der Waals surface area contributed by atoms with E-state index in [-0.39, 0.29) is 12.4 Å². The Kier molecular flexibility index (Phi) is 6.40. The molecule has 0 bridgehead atoms. The molecule has 1 saturated heterocycles. The van der Waals surface area contributed by atoms with Gasteiger partial charge in [0.1, 0.15) is 0 Å². The monoisotopic (exact) mass is 348 g/mol. The second-order valence-corrected chi connectivity index (χ2v) is 7.11. The van der Waals surface area contributed by atoms with Gasteiger partial charge < -0.3 is 10.2 Å². The fourth-order valence-electron chi connectivity index (χ4n) is 3.04. The van der Waals surface area contributed by atoms with E-state index in [1.165, 1.54) is 32.2 Å². The summed E-state index contributed by atoms with van der Waals surface area (Å²) in [5, 5.41) is 3.44. The highest BCUT2D eigenvalue weighted by Crippen LogP contribution is 2.39. The number of hydrogen-bond acceptors (Lipinski definition) is 3. The Balaban J connectivity index is 0.00000192. The van der Waals surface area contributed by atoms with E-state index < -0.39 is 0 Å². The van der Waals surface area contributed by atoms with Crippen molar-refractivity contribution in [2.24, 2.45) is 0 Å². The van der Waals surface area contributed by atoms with Gasteiger partial charge >= 0.3 is 0 Å². The van der Waals surface area contributed by atoms with Crippen LogP contribution in [-0.2, 0) is 0 Å². The van der Waals surface area contributed by atoms with Crippen LogP contribution in [0.2, 0.25) is 0 Å². The zero-order chi connectivity index (χ0) is 15.5. The van der Waals surface area contributed by atoms with Crippen LogP contribution in [0.5, 0.6) is 0 Å². The van der Waals surface area contributed by atoms with Crippen molar-refractivity contribution >= 4 is 29.9 Å². The molecule has 0 saturated carbocycles. The molecular weight excluding hydrogens is 324 g/mol. The number of rotatable bonds is 3. The van der Waals surface area contributed by atoms with E-state index in [9.17, 15) is 0 Å². The van der Waals surface area contributed by atoms with Crippen LogP contribution >= 0.6 is 24.2 Å². The van der Waals surface area contributed by atoms with Crippen molar-refractivity contribution in [3.8, 4) is 0 Å². The van der Waals surface area contributed by atoms with Crippen molar-refractivity contribution in [2.75, 3.05) is 31.1 Å². The molecule has 2 nitrogen and oxygen atoms in total. The van der Waals surface area contributed by atoms with Crippen LogP contribution in [0.1, 0.15) is 16.7 Å². The third kappa shape index (κ3) is 4.23. The second kappa shape index (κ2) is 8.09. The van der Waals surface area contributed by atoms with E-state index in [4.69, 9.17) is 0 Å². The fraction of sp³-hybridized carbons (Fsp3) is 0.368. The number of para-hydroxylation sites is 1. The van der Waals surface area contributed by atoms with Gasteiger partial charge in [-0.05, 0) is 44.0 Å². The average Bonchev–Trinajstić information content (AvgIpc) is 2.51. The standard InChI is InChI=1S/C19H24N2S.ClH/c1-14-7-8-17(16(3)13-14)22-18-6-4-5-15(2)19(18)21-11-9-20-10-12-21;/h4-8,13,20H,9-12H2,1-3H3;1H. The Morgan fingerprint density at radius 2 is 1.65 bits per heavy atom. The van der Waals surface area contributed by atoms with Crippen LogP contribution in [-0.4, -0.2) is 26.2 Å². The lowest BCUT2D eigenvalue weighted by Crippen LogP contribution is -2.44. The first-order valence-corrected chi connectivity index (χ1v) is 8.77. The Morgan fingerprint density at radius 3 is 2.35 bits per heavy atom. The quantitative estimate of drug-likeness (QED) is 0.873. The van der Waals surface area contributed by atoms with E-state index in [0.717, 1.165) is 26.2 Å². The van der Waals surface area contributed by atoms with Crippen LogP contribution in [0, 0.1) is 20.8 Å². The van der Waals surface area contributed by atoms with Gasteiger partial charge in [-0.3, -0.25) is 0 Å². The third-order valence-corrected chi connectivity index (χ3v) is 5.41. The molecule has 0 aromatic heterocycles. The molecule has 1 heterocycles. The largest absolute Gasteiger partial charge is 0.368 e. The molecule has 2 aromatic rings. The zero-order valence-corrected chi connectivity index (χ0v) is 15.7. The Hall–Kier alpha value is -1.16. The summed E-state index contributed by atoms with van der Waals surface area (Å²) in [7, 11) is 0. The van der Waals surface area contributed by atoms with Gasteiger partial charge in [0.2, 0.25) is 0 Å². The van der Waals surface area contributed by atoms with E-state index >= 15 is 0 Å². The van der Waals surface area contributed by atoms with Gasteiger partial charge in [-0.15, -0.1) is 12.4 Å². The molecule has 1 fully saturated rings. The summed E-state index contributed by atoms with van der Waals surface area (Å²) < 4.78 is 0. The summed E-state index contributed by atoms with van der Waals surface area (Å²) in [5.41, 5.74) is 5.47. The van der Waals surface area contributed by atoms with E-state index in [1.807, 2.05) is 11.8 Å². The minimum Gasteiger partial charge on any atom is -0.368 e. The molecule has 0 spiro atoms. The third-order valence-electron chi connectivity index (χ3n) is 4.18. The van der Waals surface area contributed by atoms with Gasteiger partial charge in [0.05, 0.1) is 5.69 Å². The van der Waals surface area contributed by atoms with Crippen molar-refractivity contribution in [3.05, 3.63) is 53.1 Å². The maximum absolute atomic E-state index is 3.44. The highest BCUT2D eigenvalue weighted by Gasteiger charge is 2.17. The second-order valence-electron chi connectivity index (χ2n) is 6.03. The smallest absolute Gasteiger partial charge is 0.0538 e. The Bertz CT molecular complexity index is 666. The lowest BCUT2D eigenvalue weighted by Gasteiger charge is -2.32. The summed E-state index contributed by atoms with van der Waals surface area (Å²) in [6.07, 6.45) is 0. The van der Waals surface area contributed by atoms with Gasteiger partial charge in [0, 0.05) is 36.0 Å². The molecule has 124 valence electrons. The van der Waals surface area contributed by atoms with Gasteiger partial charge in [0.25, 0.3) is 0 Å². The molecule has 1 N–H and O–H groups in total. The van der Waals surface area contributed by atoms with Crippen molar-refractivity contribution in [3.63, 3.8) is 0 Å². The van der Waals surface area contributed by atoms with Crippen LogP contribution < -0.4 is 10.2 Å². The number of halogens is 1. The van der Waals surface area contributed by atoms with Crippen LogP contribution in [0.15, 0.2) is 46.2 Å². The number of aryl methyl sites for hydroxylation is 3. The van der Waals surface area contributed by atoms with Gasteiger partial charge in [-0.25, -0.2) is 0 Å². The average molecular weight is 349 g/mol. The molecule has 1 aliphatic heterocycles. The predicted molar refractivity (Wildman–Crippen MR) is 104 cm³/mol. The van der Waals surface area contributed by atoms with Crippen LogP contribution in [0.25, 0.3) is 0 Å². The summed E-state index contributed by atoms with van der Waals surface area (Å²) in [6, 6.07) is 13.4. The maximum Gasteiger partial charge on any atom is 0.0538 e. The SMILES string of the molecule is Cc1ccc(Sc2cccc(C)c2N2CCNCC2)c(C)c1.Cl. The summed E-state index contributed by atoms with van der Waals surface area (Å²) in [4.78, 5) is 5.25. The Labute approximate surface area is 150 Å².